The topological polar surface area (TPSA) is 107 Å². The highest BCUT2D eigenvalue weighted by Gasteiger charge is 2.21. The molecular formula is C14H18N2O4S. The number of nitrogens with zero attached hydrogens (tertiary/aromatic N) is 1. The van der Waals surface area contributed by atoms with Crippen molar-refractivity contribution in [2.45, 2.75) is 44.0 Å². The normalized spacial score (nSPS) is 12.6. The number of nitrogens with one attached hydrogen (secondary N) is 1. The van der Waals surface area contributed by atoms with Crippen molar-refractivity contribution in [2.24, 2.45) is 0 Å². The van der Waals surface area contributed by atoms with Crippen LogP contribution in [0.2, 0.25) is 0 Å². The van der Waals surface area contributed by atoms with Gasteiger partial charge in [-0.1, -0.05) is 19.9 Å². The fourth-order valence-electron chi connectivity index (χ4n) is 1.90. The van der Waals surface area contributed by atoms with Gasteiger partial charge in [-0.3, -0.25) is 0 Å². The molecule has 0 saturated carbocycles. The van der Waals surface area contributed by atoms with Crippen molar-refractivity contribution in [3.63, 3.8) is 0 Å². The molecule has 0 aliphatic carbocycles. The van der Waals surface area contributed by atoms with Crippen LogP contribution in [0.15, 0.2) is 23.1 Å². The van der Waals surface area contributed by atoms with E-state index < -0.39 is 22.0 Å². The largest absolute Gasteiger partial charge is 0.478 e. The van der Waals surface area contributed by atoms with Gasteiger partial charge in [-0.25, -0.2) is 17.9 Å². The number of carboxylic acids is 1. The number of rotatable bonds is 7. The average Bonchev–Trinajstić information content (AvgIpc) is 2.45. The zero-order valence-electron chi connectivity index (χ0n) is 12.0. The number of hydrogen-bond donors (Lipinski definition) is 2. The predicted molar refractivity (Wildman–Crippen MR) is 77.4 cm³/mol. The summed E-state index contributed by atoms with van der Waals surface area (Å²) in [5.74, 6) is -1.16. The average molecular weight is 310 g/mol. The van der Waals surface area contributed by atoms with Gasteiger partial charge in [0, 0.05) is 6.04 Å². The molecule has 6 nitrogen and oxygen atoms in total. The number of sulfonamides is 1. The van der Waals surface area contributed by atoms with E-state index in [4.69, 9.17) is 10.4 Å². The maximum Gasteiger partial charge on any atom is 0.336 e. The van der Waals surface area contributed by atoms with E-state index in [1.807, 2.05) is 6.07 Å². The summed E-state index contributed by atoms with van der Waals surface area (Å²) in [6, 6.07) is 5.47. The van der Waals surface area contributed by atoms with Gasteiger partial charge in [-0.05, 0) is 30.5 Å². The van der Waals surface area contributed by atoms with Crippen LogP contribution in [0.3, 0.4) is 0 Å². The quantitative estimate of drug-likeness (QED) is 0.800. The van der Waals surface area contributed by atoms with E-state index >= 15 is 0 Å². The lowest BCUT2D eigenvalue weighted by Crippen LogP contribution is -2.34. The number of hydrogen-bond acceptors (Lipinski definition) is 4. The summed E-state index contributed by atoms with van der Waals surface area (Å²) in [5, 5.41) is 17.8. The minimum absolute atomic E-state index is 0.0197. The molecule has 21 heavy (non-hydrogen) atoms. The first-order valence-electron chi connectivity index (χ1n) is 6.61. The van der Waals surface area contributed by atoms with Crippen LogP contribution in [0, 0.1) is 11.3 Å². The fraction of sp³-hybridized carbons (Fsp3) is 0.429. The molecule has 1 aromatic rings. The maximum absolute atomic E-state index is 12.2. The molecule has 0 spiro atoms. The summed E-state index contributed by atoms with van der Waals surface area (Å²) in [4.78, 5) is 11.1. The van der Waals surface area contributed by atoms with Crippen LogP contribution in [0.5, 0.6) is 0 Å². The van der Waals surface area contributed by atoms with Crippen molar-refractivity contribution in [1.29, 1.82) is 5.26 Å². The van der Waals surface area contributed by atoms with E-state index in [1.165, 1.54) is 12.1 Å². The second-order valence-corrected chi connectivity index (χ2v) is 6.28. The zero-order chi connectivity index (χ0) is 16.0. The molecule has 0 heterocycles. The molecule has 1 rings (SSSR count). The van der Waals surface area contributed by atoms with Gasteiger partial charge >= 0.3 is 5.97 Å². The molecule has 2 N–H and O–H groups in total. The molecule has 0 amide bonds. The standard InChI is InChI=1S/C14H18N2O4S/c1-3-10-5-6-12(9-13(10)14(17)18)21(19,20)16-11(4-2)7-8-15/h5-6,9,11,16H,3-4,7H2,1-2H3,(H,17,18). The van der Waals surface area contributed by atoms with Crippen LogP contribution in [-0.2, 0) is 16.4 Å². The van der Waals surface area contributed by atoms with Gasteiger partial charge in [0.25, 0.3) is 0 Å². The highest BCUT2D eigenvalue weighted by molar-refractivity contribution is 7.89. The number of aryl methyl sites for hydroxylation is 1. The SMILES string of the molecule is CCc1ccc(S(=O)(=O)NC(CC)CC#N)cc1C(=O)O. The Hall–Kier alpha value is -1.91. The Morgan fingerprint density at radius 2 is 2.10 bits per heavy atom. The minimum Gasteiger partial charge on any atom is -0.478 e. The molecule has 7 heteroatoms. The molecule has 0 aliphatic heterocycles. The monoisotopic (exact) mass is 310 g/mol. The lowest BCUT2D eigenvalue weighted by molar-refractivity contribution is 0.0695. The van der Waals surface area contributed by atoms with E-state index in [9.17, 15) is 13.2 Å². The summed E-state index contributed by atoms with van der Waals surface area (Å²) in [6.45, 7) is 3.57. The minimum atomic E-state index is -3.84. The summed E-state index contributed by atoms with van der Waals surface area (Å²) in [7, 11) is -3.84. The summed E-state index contributed by atoms with van der Waals surface area (Å²) in [5.41, 5.74) is 0.555. The van der Waals surface area contributed by atoms with E-state index in [0.717, 1.165) is 6.07 Å². The van der Waals surface area contributed by atoms with E-state index in [-0.39, 0.29) is 16.9 Å². The number of aromatic carboxylic acids is 1. The Kier molecular flexibility index (Phi) is 5.88. The van der Waals surface area contributed by atoms with Crippen LogP contribution in [-0.4, -0.2) is 25.5 Å². The Labute approximate surface area is 124 Å². The molecule has 0 radical (unpaired) electrons. The molecule has 0 bridgehead atoms. The summed E-state index contributed by atoms with van der Waals surface area (Å²) in [6.07, 6.45) is 1.04. The van der Waals surface area contributed by atoms with Crippen molar-refractivity contribution in [1.82, 2.24) is 4.72 Å². The molecule has 0 fully saturated rings. The number of carbonyl (C=O) groups is 1. The lowest BCUT2D eigenvalue weighted by Gasteiger charge is -2.15. The highest BCUT2D eigenvalue weighted by Crippen LogP contribution is 2.18. The number of benzene rings is 1. The van der Waals surface area contributed by atoms with Crippen molar-refractivity contribution in [3.05, 3.63) is 29.3 Å². The third-order valence-electron chi connectivity index (χ3n) is 3.16. The van der Waals surface area contributed by atoms with Crippen LogP contribution in [0.25, 0.3) is 0 Å². The van der Waals surface area contributed by atoms with Gasteiger partial charge < -0.3 is 5.11 Å². The molecule has 1 unspecified atom stereocenters. The zero-order valence-corrected chi connectivity index (χ0v) is 12.8. The second-order valence-electron chi connectivity index (χ2n) is 4.57. The summed E-state index contributed by atoms with van der Waals surface area (Å²) < 4.78 is 26.9. The predicted octanol–water partition coefficient (Wildman–Crippen LogP) is 1.92. The lowest BCUT2D eigenvalue weighted by atomic mass is 10.1. The van der Waals surface area contributed by atoms with E-state index in [1.54, 1.807) is 13.8 Å². The third-order valence-corrected chi connectivity index (χ3v) is 4.67. The number of carboxylic acid groups (broad SMARTS) is 1. The molecule has 0 aliphatic rings. The van der Waals surface area contributed by atoms with Gasteiger partial charge in [0.05, 0.1) is 22.9 Å². The molecule has 1 atom stereocenters. The third kappa shape index (κ3) is 4.28. The Balaban J connectivity index is 3.17. The Bertz CT molecular complexity index is 662. The van der Waals surface area contributed by atoms with Crippen molar-refractivity contribution >= 4 is 16.0 Å². The second kappa shape index (κ2) is 7.20. The molecule has 0 saturated heterocycles. The molecule has 0 aromatic heterocycles. The van der Waals surface area contributed by atoms with Gasteiger partial charge in [0.15, 0.2) is 0 Å². The van der Waals surface area contributed by atoms with E-state index in [2.05, 4.69) is 4.72 Å². The number of nitriles is 1. The Morgan fingerprint density at radius 3 is 2.57 bits per heavy atom. The van der Waals surface area contributed by atoms with Crippen molar-refractivity contribution < 1.29 is 18.3 Å². The molecular weight excluding hydrogens is 292 g/mol. The fourth-order valence-corrected chi connectivity index (χ4v) is 3.24. The maximum atomic E-state index is 12.2. The Morgan fingerprint density at radius 1 is 1.43 bits per heavy atom. The van der Waals surface area contributed by atoms with Crippen LogP contribution >= 0.6 is 0 Å². The van der Waals surface area contributed by atoms with Gasteiger partial charge in [-0.2, -0.15) is 5.26 Å². The first-order chi connectivity index (χ1) is 9.85. The highest BCUT2D eigenvalue weighted by atomic mass is 32.2. The summed E-state index contributed by atoms with van der Waals surface area (Å²) >= 11 is 0. The van der Waals surface area contributed by atoms with Crippen LogP contribution < -0.4 is 4.72 Å². The van der Waals surface area contributed by atoms with Crippen molar-refractivity contribution in [2.75, 3.05) is 0 Å². The van der Waals surface area contributed by atoms with Crippen molar-refractivity contribution in [3.8, 4) is 6.07 Å². The molecule has 114 valence electrons. The first kappa shape index (κ1) is 17.1. The van der Waals surface area contributed by atoms with Gasteiger partial charge in [0.1, 0.15) is 0 Å². The van der Waals surface area contributed by atoms with E-state index in [0.29, 0.717) is 18.4 Å². The van der Waals surface area contributed by atoms with Crippen LogP contribution in [0.1, 0.15) is 42.6 Å². The van der Waals surface area contributed by atoms with Crippen LogP contribution in [0.4, 0.5) is 0 Å². The van der Waals surface area contributed by atoms with Gasteiger partial charge in [0.2, 0.25) is 10.0 Å². The molecule has 1 aromatic carbocycles. The first-order valence-corrected chi connectivity index (χ1v) is 8.09. The smallest absolute Gasteiger partial charge is 0.336 e. The van der Waals surface area contributed by atoms with Gasteiger partial charge in [-0.15, -0.1) is 0 Å².